The molecule has 5 nitrogen and oxygen atoms in total. The predicted molar refractivity (Wildman–Crippen MR) is 89.0 cm³/mol. The second-order valence-electron chi connectivity index (χ2n) is 6.49. The highest BCUT2D eigenvalue weighted by atomic mass is 19.4. The molecule has 0 unspecified atom stereocenters. The minimum Gasteiger partial charge on any atom is -0.475 e. The van der Waals surface area contributed by atoms with Gasteiger partial charge < -0.3 is 15.2 Å². The maximum atomic E-state index is 10.6. The smallest absolute Gasteiger partial charge is 0.475 e. The Hall–Kier alpha value is -2.35. The first-order valence-corrected chi connectivity index (χ1v) is 8.40. The van der Waals surface area contributed by atoms with Gasteiger partial charge in [-0.3, -0.25) is 0 Å². The number of nitrogens with zero attached hydrogens (tertiary/aromatic N) is 1. The van der Waals surface area contributed by atoms with Crippen LogP contribution in [0.3, 0.4) is 0 Å². The summed E-state index contributed by atoms with van der Waals surface area (Å²) in [6.07, 6.45) is 0.0777. The normalized spacial score (nSPS) is 24.7. The molecule has 0 radical (unpaired) electrons. The van der Waals surface area contributed by atoms with E-state index in [1.54, 1.807) is 0 Å². The summed E-state index contributed by atoms with van der Waals surface area (Å²) in [5.74, 6) is -1.99. The summed E-state index contributed by atoms with van der Waals surface area (Å²) < 4.78 is 37.8. The van der Waals surface area contributed by atoms with Crippen LogP contribution in [0.5, 0.6) is 5.88 Å². The van der Waals surface area contributed by atoms with E-state index in [-0.39, 0.29) is 0 Å². The zero-order valence-electron chi connectivity index (χ0n) is 13.9. The Kier molecular flexibility index (Phi) is 5.31. The summed E-state index contributed by atoms with van der Waals surface area (Å²) in [5, 5.41) is 11.9. The third-order valence-electron chi connectivity index (χ3n) is 4.53. The highest BCUT2D eigenvalue weighted by molar-refractivity contribution is 5.78. The van der Waals surface area contributed by atoms with E-state index < -0.39 is 12.1 Å². The van der Waals surface area contributed by atoms with E-state index in [1.807, 2.05) is 24.3 Å². The first-order chi connectivity index (χ1) is 12.3. The van der Waals surface area contributed by atoms with Gasteiger partial charge in [0.05, 0.1) is 5.52 Å². The molecule has 0 spiro atoms. The number of nitrogens with one attached hydrogen (secondary N) is 1. The molecule has 2 aliphatic heterocycles. The van der Waals surface area contributed by atoms with Crippen LogP contribution in [-0.2, 0) is 4.79 Å². The molecule has 0 amide bonds. The molecule has 8 heteroatoms. The van der Waals surface area contributed by atoms with Crippen molar-refractivity contribution in [3.05, 3.63) is 36.4 Å². The third-order valence-corrected chi connectivity index (χ3v) is 4.53. The van der Waals surface area contributed by atoms with Crippen LogP contribution in [0, 0.1) is 0 Å². The van der Waals surface area contributed by atoms with Crippen molar-refractivity contribution >= 4 is 16.9 Å². The van der Waals surface area contributed by atoms with Gasteiger partial charge in [0.25, 0.3) is 0 Å². The predicted octanol–water partition coefficient (Wildman–Crippen LogP) is 3.53. The summed E-state index contributed by atoms with van der Waals surface area (Å²) in [4.78, 5) is 13.5. The highest BCUT2D eigenvalue weighted by Gasteiger charge is 2.38. The fourth-order valence-corrected chi connectivity index (χ4v) is 3.39. The first-order valence-electron chi connectivity index (χ1n) is 8.40. The van der Waals surface area contributed by atoms with Gasteiger partial charge in [0.2, 0.25) is 5.88 Å². The molecule has 2 fully saturated rings. The van der Waals surface area contributed by atoms with Gasteiger partial charge in [-0.25, -0.2) is 9.78 Å². The van der Waals surface area contributed by atoms with Crippen molar-refractivity contribution < 1.29 is 27.8 Å². The number of carboxylic acid groups (broad SMARTS) is 1. The zero-order valence-corrected chi connectivity index (χ0v) is 13.9. The Labute approximate surface area is 148 Å². The lowest BCUT2D eigenvalue weighted by atomic mass is 10.0. The Bertz CT molecular complexity index is 770. The number of para-hydroxylation sites is 1. The highest BCUT2D eigenvalue weighted by Crippen LogP contribution is 2.29. The van der Waals surface area contributed by atoms with E-state index in [4.69, 9.17) is 14.6 Å². The number of fused-ring (bicyclic) bond motifs is 3. The molecule has 2 bridgehead atoms. The van der Waals surface area contributed by atoms with Crippen LogP contribution in [0.2, 0.25) is 0 Å². The summed E-state index contributed by atoms with van der Waals surface area (Å²) >= 11 is 0. The van der Waals surface area contributed by atoms with Crippen LogP contribution in [0.4, 0.5) is 13.2 Å². The monoisotopic (exact) mass is 368 g/mol. The Morgan fingerprint density at radius 2 is 1.73 bits per heavy atom. The number of hydrogen-bond donors (Lipinski definition) is 2. The average molecular weight is 368 g/mol. The number of hydrogen-bond acceptors (Lipinski definition) is 4. The molecule has 0 aliphatic carbocycles. The van der Waals surface area contributed by atoms with E-state index in [1.165, 1.54) is 18.2 Å². The van der Waals surface area contributed by atoms with Gasteiger partial charge in [0.15, 0.2) is 0 Å². The zero-order chi connectivity index (χ0) is 18.7. The molecular formula is C18H19F3N2O3. The van der Waals surface area contributed by atoms with Crippen LogP contribution in [-0.4, -0.2) is 40.4 Å². The van der Waals surface area contributed by atoms with Crippen molar-refractivity contribution in [1.29, 1.82) is 0 Å². The van der Waals surface area contributed by atoms with Gasteiger partial charge in [-0.05, 0) is 37.8 Å². The lowest BCUT2D eigenvalue weighted by Gasteiger charge is -2.29. The number of piperidine rings is 1. The van der Waals surface area contributed by atoms with E-state index >= 15 is 0 Å². The van der Waals surface area contributed by atoms with E-state index in [2.05, 4.69) is 22.4 Å². The van der Waals surface area contributed by atoms with Crippen molar-refractivity contribution in [3.8, 4) is 5.88 Å². The Balaban J connectivity index is 0.000000242. The van der Waals surface area contributed by atoms with Crippen LogP contribution in [0.25, 0.3) is 10.9 Å². The number of aromatic nitrogens is 1. The van der Waals surface area contributed by atoms with Crippen LogP contribution in [0.15, 0.2) is 36.4 Å². The quantitative estimate of drug-likeness (QED) is 0.849. The minimum atomic E-state index is -5.08. The lowest BCUT2D eigenvalue weighted by Crippen LogP contribution is -2.42. The lowest BCUT2D eigenvalue weighted by molar-refractivity contribution is -0.192. The summed E-state index contributed by atoms with van der Waals surface area (Å²) in [5.41, 5.74) is 1.01. The molecule has 2 aliphatic rings. The topological polar surface area (TPSA) is 71.5 Å². The number of alkyl halides is 3. The fourth-order valence-electron chi connectivity index (χ4n) is 3.39. The van der Waals surface area contributed by atoms with Crippen LogP contribution < -0.4 is 10.1 Å². The summed E-state index contributed by atoms with van der Waals surface area (Å²) in [7, 11) is 0. The summed E-state index contributed by atoms with van der Waals surface area (Å²) in [6.45, 7) is 0. The van der Waals surface area contributed by atoms with Gasteiger partial charge in [0.1, 0.15) is 6.10 Å². The van der Waals surface area contributed by atoms with Crippen molar-refractivity contribution in [2.75, 3.05) is 0 Å². The average Bonchev–Trinajstić information content (AvgIpc) is 2.93. The number of ether oxygens (including phenoxy) is 1. The molecule has 0 saturated carbocycles. The minimum absolute atomic E-state index is 0.326. The molecule has 2 saturated heterocycles. The van der Waals surface area contributed by atoms with Crippen molar-refractivity contribution in [1.82, 2.24) is 10.3 Å². The number of carbonyl (C=O) groups is 1. The van der Waals surface area contributed by atoms with Crippen LogP contribution in [0.1, 0.15) is 25.7 Å². The number of pyridine rings is 1. The Morgan fingerprint density at radius 3 is 2.35 bits per heavy atom. The van der Waals surface area contributed by atoms with Gasteiger partial charge >= 0.3 is 12.1 Å². The molecule has 2 N–H and O–H groups in total. The van der Waals surface area contributed by atoms with E-state index in [9.17, 15) is 13.2 Å². The van der Waals surface area contributed by atoms with Crippen LogP contribution >= 0.6 is 0 Å². The molecular weight excluding hydrogens is 349 g/mol. The first kappa shape index (κ1) is 18.4. The molecule has 3 heterocycles. The third kappa shape index (κ3) is 4.63. The maximum Gasteiger partial charge on any atom is 0.490 e. The van der Waals surface area contributed by atoms with Crippen molar-refractivity contribution in [2.24, 2.45) is 0 Å². The SMILES string of the molecule is O=C(O)C(F)(F)F.c1ccc2nc(O[C@@H]3C[C@H]4CC[C@@H](C3)N4)ccc2c1. The molecule has 4 rings (SSSR count). The molecule has 26 heavy (non-hydrogen) atoms. The Morgan fingerprint density at radius 1 is 1.12 bits per heavy atom. The molecule has 2 aromatic rings. The van der Waals surface area contributed by atoms with E-state index in [0.717, 1.165) is 24.2 Å². The number of halogens is 3. The molecule has 1 aromatic carbocycles. The van der Waals surface area contributed by atoms with Gasteiger partial charge in [-0.15, -0.1) is 0 Å². The maximum absolute atomic E-state index is 10.6. The second-order valence-corrected chi connectivity index (χ2v) is 6.49. The van der Waals surface area contributed by atoms with Crippen molar-refractivity contribution in [2.45, 2.75) is 50.0 Å². The number of rotatable bonds is 2. The van der Waals surface area contributed by atoms with Gasteiger partial charge in [0, 0.05) is 23.5 Å². The summed E-state index contributed by atoms with van der Waals surface area (Å²) in [6, 6.07) is 13.6. The van der Waals surface area contributed by atoms with Crippen molar-refractivity contribution in [3.63, 3.8) is 0 Å². The molecule has 1 aromatic heterocycles. The molecule has 140 valence electrons. The number of carboxylic acids is 1. The largest absolute Gasteiger partial charge is 0.490 e. The number of aliphatic carboxylic acids is 1. The van der Waals surface area contributed by atoms with Gasteiger partial charge in [-0.1, -0.05) is 18.2 Å². The van der Waals surface area contributed by atoms with Gasteiger partial charge in [-0.2, -0.15) is 13.2 Å². The second kappa shape index (κ2) is 7.49. The standard InChI is InChI=1S/C16H18N2O.C2HF3O2/c1-2-4-15-11(3-1)5-8-16(18-15)19-14-9-12-6-7-13(10-14)17-12;3-2(4,5)1(6)7/h1-5,8,12-14,17H,6-7,9-10H2;(H,6,7)/t12-,13+,14-;. The fraction of sp³-hybridized carbons (Fsp3) is 0.444. The van der Waals surface area contributed by atoms with E-state index in [0.29, 0.717) is 18.2 Å². The number of benzene rings is 1. The molecule has 3 atom stereocenters.